The Hall–Kier alpha value is -0.120. The van der Waals surface area contributed by atoms with E-state index in [1.165, 1.54) is 0 Å². The van der Waals surface area contributed by atoms with Gasteiger partial charge in [0.25, 0.3) is 0 Å². The first-order valence-corrected chi connectivity index (χ1v) is 5.39. The van der Waals surface area contributed by atoms with Gasteiger partial charge >= 0.3 is 0 Å². The summed E-state index contributed by atoms with van der Waals surface area (Å²) in [5.41, 5.74) is 0.0185. The van der Waals surface area contributed by atoms with Crippen LogP contribution in [0.2, 0.25) is 0 Å². The van der Waals surface area contributed by atoms with E-state index in [2.05, 4.69) is 20.8 Å². The summed E-state index contributed by atoms with van der Waals surface area (Å²) in [4.78, 5) is 0. The highest BCUT2D eigenvalue weighted by Crippen LogP contribution is 2.18. The van der Waals surface area contributed by atoms with E-state index in [0.29, 0.717) is 26.4 Å². The van der Waals surface area contributed by atoms with E-state index in [9.17, 15) is 0 Å². The van der Waals surface area contributed by atoms with Gasteiger partial charge in [-0.3, -0.25) is 0 Å². The highest BCUT2D eigenvalue weighted by Gasteiger charge is 2.19. The minimum atomic E-state index is 0.0185. The van der Waals surface area contributed by atoms with Gasteiger partial charge in [-0.2, -0.15) is 0 Å². The lowest BCUT2D eigenvalue weighted by Gasteiger charge is -2.27. The molecule has 0 amide bonds. The first-order chi connectivity index (χ1) is 6.68. The van der Waals surface area contributed by atoms with Gasteiger partial charge in [-0.25, -0.2) is 0 Å². The van der Waals surface area contributed by atoms with Crippen molar-refractivity contribution >= 4 is 0 Å². The second-order valence-electron chi connectivity index (χ2n) is 3.61. The van der Waals surface area contributed by atoms with Crippen LogP contribution in [0.5, 0.6) is 0 Å². The Bertz CT molecular complexity index is 122. The molecule has 0 bridgehead atoms. The van der Waals surface area contributed by atoms with Gasteiger partial charge in [0.15, 0.2) is 0 Å². The van der Waals surface area contributed by atoms with Gasteiger partial charge in [0, 0.05) is 7.11 Å². The molecule has 0 fully saturated rings. The van der Waals surface area contributed by atoms with Crippen molar-refractivity contribution in [3.8, 4) is 0 Å². The second kappa shape index (κ2) is 8.21. The van der Waals surface area contributed by atoms with Crippen LogP contribution < -0.4 is 0 Å². The average Bonchev–Trinajstić information content (AvgIpc) is 2.23. The van der Waals surface area contributed by atoms with Crippen LogP contribution >= 0.6 is 0 Å². The van der Waals surface area contributed by atoms with Crippen molar-refractivity contribution in [1.82, 2.24) is 0 Å². The Morgan fingerprint density at radius 1 is 0.929 bits per heavy atom. The van der Waals surface area contributed by atoms with Crippen molar-refractivity contribution in [1.29, 1.82) is 0 Å². The van der Waals surface area contributed by atoms with Gasteiger partial charge in [-0.05, 0) is 19.8 Å². The smallest absolute Gasteiger partial charge is 0.0707 e. The highest BCUT2D eigenvalue weighted by atomic mass is 16.5. The lowest BCUT2D eigenvalue weighted by molar-refractivity contribution is -0.0643. The SMILES string of the molecule is CCC(C)(CC)OCCOCCOC. The fourth-order valence-corrected chi connectivity index (χ4v) is 1.05. The molecule has 0 rings (SSSR count). The van der Waals surface area contributed by atoms with E-state index >= 15 is 0 Å². The largest absolute Gasteiger partial charge is 0.382 e. The fraction of sp³-hybridized carbons (Fsp3) is 1.00. The summed E-state index contributed by atoms with van der Waals surface area (Å²) >= 11 is 0. The number of methoxy groups -OCH3 is 1. The number of hydrogen-bond donors (Lipinski definition) is 0. The first kappa shape index (κ1) is 13.9. The quantitative estimate of drug-likeness (QED) is 0.539. The van der Waals surface area contributed by atoms with E-state index < -0.39 is 0 Å². The molecule has 0 atom stereocenters. The molecule has 0 radical (unpaired) electrons. The van der Waals surface area contributed by atoms with Crippen LogP contribution in [0.4, 0.5) is 0 Å². The maximum Gasteiger partial charge on any atom is 0.0707 e. The molecule has 0 aromatic rings. The third-order valence-electron chi connectivity index (χ3n) is 2.61. The third kappa shape index (κ3) is 6.35. The molecule has 0 aromatic carbocycles. The summed E-state index contributed by atoms with van der Waals surface area (Å²) < 4.78 is 15.9. The van der Waals surface area contributed by atoms with E-state index in [1.54, 1.807) is 7.11 Å². The molecule has 0 heterocycles. The molecule has 0 saturated heterocycles. The monoisotopic (exact) mass is 204 g/mol. The van der Waals surface area contributed by atoms with Crippen molar-refractivity contribution < 1.29 is 14.2 Å². The van der Waals surface area contributed by atoms with Crippen molar-refractivity contribution in [3.05, 3.63) is 0 Å². The molecule has 0 unspecified atom stereocenters. The van der Waals surface area contributed by atoms with Crippen molar-refractivity contribution in [2.45, 2.75) is 39.2 Å². The zero-order chi connectivity index (χ0) is 10.9. The van der Waals surface area contributed by atoms with E-state index in [-0.39, 0.29) is 5.60 Å². The van der Waals surface area contributed by atoms with Crippen molar-refractivity contribution in [3.63, 3.8) is 0 Å². The molecule has 14 heavy (non-hydrogen) atoms. The van der Waals surface area contributed by atoms with Crippen LogP contribution in [0, 0.1) is 0 Å². The molecule has 0 aromatic heterocycles. The molecule has 0 aliphatic rings. The van der Waals surface area contributed by atoms with Crippen molar-refractivity contribution in [2.75, 3.05) is 33.5 Å². The zero-order valence-corrected chi connectivity index (χ0v) is 9.97. The zero-order valence-electron chi connectivity index (χ0n) is 9.97. The topological polar surface area (TPSA) is 27.7 Å². The van der Waals surface area contributed by atoms with Gasteiger partial charge in [0.1, 0.15) is 0 Å². The summed E-state index contributed by atoms with van der Waals surface area (Å²) in [5, 5.41) is 0. The standard InChI is InChI=1S/C11H24O3/c1-5-11(3,6-2)14-10-9-13-8-7-12-4/h5-10H2,1-4H3. The lowest BCUT2D eigenvalue weighted by atomic mass is 10.0. The Kier molecular flexibility index (Phi) is 8.14. The molecule has 86 valence electrons. The Morgan fingerprint density at radius 2 is 1.50 bits per heavy atom. The molecule has 3 heteroatoms. The molecular weight excluding hydrogens is 180 g/mol. The lowest BCUT2D eigenvalue weighted by Crippen LogP contribution is -2.28. The molecular formula is C11H24O3. The Labute approximate surface area is 87.7 Å². The van der Waals surface area contributed by atoms with E-state index in [0.717, 1.165) is 12.8 Å². The molecule has 0 aliphatic heterocycles. The predicted molar refractivity (Wildman–Crippen MR) is 57.6 cm³/mol. The molecule has 0 saturated carbocycles. The maximum atomic E-state index is 5.74. The van der Waals surface area contributed by atoms with Crippen LogP contribution in [-0.2, 0) is 14.2 Å². The Morgan fingerprint density at radius 3 is 2.00 bits per heavy atom. The number of rotatable bonds is 9. The summed E-state index contributed by atoms with van der Waals surface area (Å²) in [6.45, 7) is 9.06. The normalized spacial score (nSPS) is 12.0. The van der Waals surface area contributed by atoms with Crippen LogP contribution in [0.25, 0.3) is 0 Å². The average molecular weight is 204 g/mol. The minimum absolute atomic E-state index is 0.0185. The van der Waals surface area contributed by atoms with Gasteiger partial charge in [-0.1, -0.05) is 13.8 Å². The maximum absolute atomic E-state index is 5.74. The van der Waals surface area contributed by atoms with Gasteiger partial charge in [0.05, 0.1) is 32.0 Å². The fourth-order valence-electron chi connectivity index (χ4n) is 1.05. The van der Waals surface area contributed by atoms with E-state index in [4.69, 9.17) is 14.2 Å². The predicted octanol–water partition coefficient (Wildman–Crippen LogP) is 2.24. The van der Waals surface area contributed by atoms with Crippen LogP contribution in [0.1, 0.15) is 33.6 Å². The van der Waals surface area contributed by atoms with Crippen LogP contribution in [0.3, 0.4) is 0 Å². The summed E-state index contributed by atoms with van der Waals surface area (Å²) in [6.07, 6.45) is 2.09. The molecule has 3 nitrogen and oxygen atoms in total. The Balaban J connectivity index is 3.34. The van der Waals surface area contributed by atoms with E-state index in [1.807, 2.05) is 0 Å². The van der Waals surface area contributed by atoms with Gasteiger partial charge in [0.2, 0.25) is 0 Å². The van der Waals surface area contributed by atoms with Crippen LogP contribution in [-0.4, -0.2) is 39.1 Å². The summed E-state index contributed by atoms with van der Waals surface area (Å²) in [5.74, 6) is 0. The van der Waals surface area contributed by atoms with Crippen LogP contribution in [0.15, 0.2) is 0 Å². The molecule has 0 spiro atoms. The highest BCUT2D eigenvalue weighted by molar-refractivity contribution is 4.70. The summed E-state index contributed by atoms with van der Waals surface area (Å²) in [7, 11) is 1.67. The number of hydrogen-bond acceptors (Lipinski definition) is 3. The minimum Gasteiger partial charge on any atom is -0.382 e. The molecule has 0 aliphatic carbocycles. The second-order valence-corrected chi connectivity index (χ2v) is 3.61. The van der Waals surface area contributed by atoms with Gasteiger partial charge < -0.3 is 14.2 Å². The third-order valence-corrected chi connectivity index (χ3v) is 2.61. The van der Waals surface area contributed by atoms with Gasteiger partial charge in [-0.15, -0.1) is 0 Å². The molecule has 0 N–H and O–H groups in total. The first-order valence-electron chi connectivity index (χ1n) is 5.39. The van der Waals surface area contributed by atoms with Crippen molar-refractivity contribution in [2.24, 2.45) is 0 Å². The summed E-state index contributed by atoms with van der Waals surface area (Å²) in [6, 6.07) is 0. The number of ether oxygens (including phenoxy) is 3.